The van der Waals surface area contributed by atoms with Crippen LogP contribution in [0.4, 0.5) is 5.82 Å². The maximum Gasteiger partial charge on any atom is 0.274 e. The number of nitrogens with two attached hydrogens (primary N) is 1. The molecule has 29 nitrogen and oxygen atoms in total. The summed E-state index contributed by atoms with van der Waals surface area (Å²) >= 11 is 0.796. The molecule has 2 unspecified atom stereocenters. The van der Waals surface area contributed by atoms with Gasteiger partial charge in [0.15, 0.2) is 29.1 Å². The number of phosphoric ester groups is 3. The number of aliphatic hydroxyl groups is 4. The molecule has 2 aliphatic heterocycles. The van der Waals surface area contributed by atoms with Gasteiger partial charge in [-0.2, -0.15) is 0 Å². The maximum absolute atomic E-state index is 12.6. The summed E-state index contributed by atoms with van der Waals surface area (Å²) in [5, 5.41) is 45.5. The predicted octanol–water partition coefficient (Wildman–Crippen LogP) is -4.25. The Hall–Kier alpha value is -2.93. The third kappa shape index (κ3) is 16.6. The van der Waals surface area contributed by atoms with Gasteiger partial charge in [-0.3, -0.25) is 32.9 Å². The van der Waals surface area contributed by atoms with Crippen LogP contribution in [0.3, 0.4) is 0 Å². The number of aromatic nitrogens is 4. The lowest BCUT2D eigenvalue weighted by Crippen LogP contribution is -2.48. The number of nitrogens with zero attached hydrogens (tertiary/aromatic N) is 4. The van der Waals surface area contributed by atoms with Crippen molar-refractivity contribution >= 4 is 74.9 Å². The van der Waals surface area contributed by atoms with Crippen molar-refractivity contribution in [1.82, 2.24) is 30.2 Å². The lowest BCUT2D eigenvalue weighted by Gasteiger charge is -2.36. The number of ketones is 1. The van der Waals surface area contributed by atoms with E-state index in [1.165, 1.54) is 0 Å². The fourth-order valence-electron chi connectivity index (χ4n) is 6.22. The summed E-state index contributed by atoms with van der Waals surface area (Å²) in [6.07, 6.45) is -12.6. The Balaban J connectivity index is 1.14. The van der Waals surface area contributed by atoms with Crippen molar-refractivity contribution in [2.45, 2.75) is 115 Å². The van der Waals surface area contributed by atoms with Crippen LogP contribution in [-0.2, 0) is 65.0 Å². The summed E-state index contributed by atoms with van der Waals surface area (Å²) in [5.41, 5.74) is 3.98. The van der Waals surface area contributed by atoms with Crippen molar-refractivity contribution < 1.29 is 105 Å². The molecule has 0 spiro atoms. The van der Waals surface area contributed by atoms with Gasteiger partial charge in [0, 0.05) is 43.5 Å². The van der Waals surface area contributed by atoms with Crippen LogP contribution < -0.4 is 35.9 Å². The van der Waals surface area contributed by atoms with Gasteiger partial charge in [0.25, 0.3) is 15.6 Å². The number of carbonyl (C=O) groups excluding carboxylic acids is 4. The number of imidazole rings is 1. The molecular formula is C33H50N7O22P3S-4. The van der Waals surface area contributed by atoms with Gasteiger partial charge in [-0.1, -0.05) is 25.6 Å². The largest absolute Gasteiger partial charge is 0.790 e. The second-order valence-corrected chi connectivity index (χ2v) is 20.9. The second-order valence-electron chi connectivity index (χ2n) is 15.7. The first-order valence-electron chi connectivity index (χ1n) is 19.7. The summed E-state index contributed by atoms with van der Waals surface area (Å²) in [5.74, 6) is -2.05. The number of Topliss-reactive ketones (excluding diaryl/α,β-unsaturated/α-hetero) is 1. The smallest absolute Gasteiger partial charge is 0.274 e. The van der Waals surface area contributed by atoms with Gasteiger partial charge in [0.1, 0.15) is 48.1 Å². The topological polar surface area (TPSA) is 451 Å². The minimum absolute atomic E-state index is 0.0127. The molecule has 4 rings (SSSR count). The van der Waals surface area contributed by atoms with Crippen LogP contribution in [-0.4, -0.2) is 150 Å². The number of anilines is 1. The number of hydrogen-bond acceptors (Lipinski definition) is 27. The zero-order valence-electron chi connectivity index (χ0n) is 35.5. The Bertz CT molecular complexity index is 2170. The van der Waals surface area contributed by atoms with Crippen molar-refractivity contribution in [2.24, 2.45) is 5.41 Å². The molecule has 33 heteroatoms. The average Bonchev–Trinajstić information content (AvgIpc) is 3.76. The molecule has 2 fully saturated rings. The zero-order chi connectivity index (χ0) is 49.4. The number of hydrogen-bond donors (Lipinski definition) is 7. The van der Waals surface area contributed by atoms with Crippen molar-refractivity contribution in [3.8, 4) is 0 Å². The number of ether oxygens (including phenoxy) is 3. The molecule has 0 aliphatic carbocycles. The quantitative estimate of drug-likeness (QED) is 0.0281. The number of rotatable bonds is 25. The summed E-state index contributed by atoms with van der Waals surface area (Å²) in [7, 11) is -17.7. The van der Waals surface area contributed by atoms with Crippen LogP contribution in [0.1, 0.15) is 59.6 Å². The van der Waals surface area contributed by atoms with E-state index in [9.17, 15) is 72.9 Å². The van der Waals surface area contributed by atoms with Crippen LogP contribution in [0.2, 0.25) is 0 Å². The first-order chi connectivity index (χ1) is 30.6. The fourth-order valence-corrected chi connectivity index (χ4v) is 9.65. The third-order valence-electron chi connectivity index (χ3n) is 9.65. The average molecular weight is 1020 g/mol. The molecule has 0 bridgehead atoms. The van der Waals surface area contributed by atoms with Gasteiger partial charge in [-0.25, -0.2) is 19.3 Å². The zero-order valence-corrected chi connectivity index (χ0v) is 39.0. The molecule has 4 heterocycles. The van der Waals surface area contributed by atoms with E-state index in [2.05, 4.69) is 43.5 Å². The van der Waals surface area contributed by atoms with Gasteiger partial charge in [-0.05, 0) is 13.8 Å². The molecule has 2 aliphatic rings. The summed E-state index contributed by atoms with van der Waals surface area (Å²) in [6, 6.07) is 0. The number of nitrogen functional groups attached to an aromatic ring is 1. The number of fused-ring (bicyclic) bond motifs is 1. The molecule has 0 aromatic carbocycles. The SMILES string of the molecule is C[C@H](CC(=O)CC(=O)SCCNC(=O)CCNC(=O)[C@H](O)C(C)(C)COP(=O)([O-])OP(=O)([O-])OC[C@H]1O[C@@H](n2cnc3c(N)ncnc32)[C@H](O)[C@@H]1OP(=O)([O-])[O-])O[C@@H]1O[C@@H](C)[C@H](O)C[C@H]1O. The van der Waals surface area contributed by atoms with Crippen molar-refractivity contribution in [2.75, 3.05) is 37.8 Å². The van der Waals surface area contributed by atoms with Gasteiger partial charge in [0.2, 0.25) is 11.8 Å². The molecule has 8 N–H and O–H groups in total. The number of phosphoric acid groups is 3. The van der Waals surface area contributed by atoms with Crippen LogP contribution >= 0.6 is 35.2 Å². The Morgan fingerprint density at radius 2 is 1.70 bits per heavy atom. The van der Waals surface area contributed by atoms with E-state index in [-0.39, 0.29) is 55.1 Å². The van der Waals surface area contributed by atoms with Crippen LogP contribution in [0.25, 0.3) is 11.2 Å². The number of aliphatic hydroxyl groups excluding tert-OH is 4. The Kier molecular flexibility index (Phi) is 19.9. The Morgan fingerprint density at radius 1 is 1.02 bits per heavy atom. The highest BCUT2D eigenvalue weighted by atomic mass is 32.2. The van der Waals surface area contributed by atoms with E-state index in [4.69, 9.17) is 19.9 Å². The highest BCUT2D eigenvalue weighted by Gasteiger charge is 2.47. The first kappa shape index (κ1) is 55.7. The summed E-state index contributed by atoms with van der Waals surface area (Å²) < 4.78 is 71.6. The number of thioether (sulfide) groups is 1. The van der Waals surface area contributed by atoms with E-state index in [1.54, 1.807) is 13.8 Å². The van der Waals surface area contributed by atoms with E-state index < -0.39 is 133 Å². The second kappa shape index (κ2) is 23.6. The molecule has 2 saturated heterocycles. The van der Waals surface area contributed by atoms with E-state index in [1.807, 2.05) is 0 Å². The molecule has 2 aromatic heterocycles. The monoisotopic (exact) mass is 1020 g/mol. The third-order valence-corrected chi connectivity index (χ3v) is 13.5. The number of carbonyl (C=O) groups is 4. The van der Waals surface area contributed by atoms with Crippen molar-refractivity contribution in [3.05, 3.63) is 12.7 Å². The fraction of sp³-hybridized carbons (Fsp3) is 0.727. The predicted molar refractivity (Wildman–Crippen MR) is 214 cm³/mol. The van der Waals surface area contributed by atoms with Crippen molar-refractivity contribution in [1.29, 1.82) is 0 Å². The highest BCUT2D eigenvalue weighted by Crippen LogP contribution is 2.56. The molecule has 0 saturated carbocycles. The van der Waals surface area contributed by atoms with Gasteiger partial charge in [0.05, 0.1) is 52.1 Å². The van der Waals surface area contributed by atoms with Crippen LogP contribution in [0.15, 0.2) is 12.7 Å². The van der Waals surface area contributed by atoms with Gasteiger partial charge >= 0.3 is 0 Å². The summed E-state index contributed by atoms with van der Waals surface area (Å²) in [6.45, 7) is 2.88. The molecule has 2 amide bonds. The first-order valence-corrected chi connectivity index (χ1v) is 25.1. The normalized spacial score (nSPS) is 26.5. The molecule has 374 valence electrons. The lowest BCUT2D eigenvalue weighted by molar-refractivity contribution is -0.347. The van der Waals surface area contributed by atoms with Gasteiger partial charge < -0.3 is 88.7 Å². The molecule has 0 radical (unpaired) electrons. The minimum atomic E-state index is -5.95. The number of nitrogens with one attached hydrogen (secondary N) is 2. The van der Waals surface area contributed by atoms with E-state index >= 15 is 0 Å². The molecule has 2 aromatic rings. The Morgan fingerprint density at radius 3 is 2.38 bits per heavy atom. The van der Waals surface area contributed by atoms with Crippen LogP contribution in [0, 0.1) is 5.41 Å². The summed E-state index contributed by atoms with van der Waals surface area (Å²) in [4.78, 5) is 109. The molecular weight excluding hydrogens is 971 g/mol. The highest BCUT2D eigenvalue weighted by molar-refractivity contribution is 8.13. The standard InChI is InChI=1S/C33H54N7O22P3S/c1-16(58-32-20(43)11-19(42)17(2)59-32)9-18(41)10-23(45)66-8-7-35-22(44)5-6-36-30(48)27(47)33(3,4)13-57-65(54,55)62-64(52,53)56-12-21-26(61-63(49,50)51)25(46)31(60-21)40-15-39-24-28(34)37-14-38-29(24)40/h14-17,19-21,25-27,31-32,42-43,46-47H,5-13H2,1-4H3,(H,35,44)(H,36,48)(H,52,53)(H,54,55)(H2,34,37,38)(H2,49,50,51)/p-4/t16-,17+,19-,20-,21-,25-,26-,27+,31-,32-/m1/s1. The lowest BCUT2D eigenvalue weighted by atomic mass is 9.87. The van der Waals surface area contributed by atoms with Crippen molar-refractivity contribution in [3.63, 3.8) is 0 Å². The van der Waals surface area contributed by atoms with Gasteiger partial charge in [-0.15, -0.1) is 0 Å². The van der Waals surface area contributed by atoms with E-state index in [0.29, 0.717) is 0 Å². The molecule has 66 heavy (non-hydrogen) atoms. The Labute approximate surface area is 379 Å². The number of amides is 2. The van der Waals surface area contributed by atoms with E-state index in [0.717, 1.165) is 42.8 Å². The maximum atomic E-state index is 12.6. The minimum Gasteiger partial charge on any atom is -0.790 e. The molecule has 12 atom stereocenters. The van der Waals surface area contributed by atoms with Crippen LogP contribution in [0.5, 0.6) is 0 Å².